The van der Waals surface area contributed by atoms with E-state index in [4.69, 9.17) is 5.11 Å². The molecule has 1 aromatic rings. The van der Waals surface area contributed by atoms with Crippen LogP contribution in [0.5, 0.6) is 0 Å². The van der Waals surface area contributed by atoms with E-state index in [9.17, 15) is 9.59 Å². The monoisotopic (exact) mass is 311 g/mol. The lowest BCUT2D eigenvalue weighted by Crippen LogP contribution is -2.35. The van der Waals surface area contributed by atoms with Gasteiger partial charge >= 0.3 is 5.97 Å². The van der Waals surface area contributed by atoms with Gasteiger partial charge in [-0.2, -0.15) is 0 Å². The minimum Gasteiger partial charge on any atom is -0.481 e. The van der Waals surface area contributed by atoms with E-state index in [1.165, 1.54) is 11.3 Å². The fourth-order valence-electron chi connectivity index (χ4n) is 2.53. The number of hydrogen-bond acceptors (Lipinski definition) is 5. The Morgan fingerprint density at radius 1 is 1.33 bits per heavy atom. The number of aliphatic carboxylic acids is 1. The molecular formula is C14H21N3O3S. The molecule has 1 fully saturated rings. The number of carboxylic acid groups (broad SMARTS) is 1. The van der Waals surface area contributed by atoms with Crippen molar-refractivity contribution in [3.8, 4) is 0 Å². The van der Waals surface area contributed by atoms with Gasteiger partial charge in [0.15, 0.2) is 0 Å². The third-order valence-electron chi connectivity index (χ3n) is 3.78. The van der Waals surface area contributed by atoms with Crippen LogP contribution in [-0.4, -0.2) is 27.2 Å². The molecule has 0 aromatic carbocycles. The molecule has 2 unspecified atom stereocenters. The summed E-state index contributed by atoms with van der Waals surface area (Å²) in [7, 11) is 0. The molecule has 0 radical (unpaired) electrons. The van der Waals surface area contributed by atoms with Crippen LogP contribution < -0.4 is 5.32 Å². The fraction of sp³-hybridized carbons (Fsp3) is 0.714. The van der Waals surface area contributed by atoms with Gasteiger partial charge in [0.25, 0.3) is 0 Å². The van der Waals surface area contributed by atoms with E-state index in [1.54, 1.807) is 0 Å². The quantitative estimate of drug-likeness (QED) is 0.869. The Morgan fingerprint density at radius 2 is 2.05 bits per heavy atom. The molecular weight excluding hydrogens is 290 g/mol. The average Bonchev–Trinajstić information content (AvgIpc) is 2.94. The first kappa shape index (κ1) is 15.9. The number of carboxylic acids is 1. The molecule has 1 amide bonds. The number of aromatic nitrogens is 2. The van der Waals surface area contributed by atoms with Gasteiger partial charge in [-0.3, -0.25) is 9.59 Å². The number of hydrogen-bond donors (Lipinski definition) is 2. The summed E-state index contributed by atoms with van der Waals surface area (Å²) in [6, 6.07) is 0. The first-order chi connectivity index (χ1) is 9.97. The highest BCUT2D eigenvalue weighted by atomic mass is 32.1. The Morgan fingerprint density at radius 3 is 2.67 bits per heavy atom. The molecule has 1 aromatic heterocycles. The molecule has 21 heavy (non-hydrogen) atoms. The van der Waals surface area contributed by atoms with Gasteiger partial charge in [-0.25, -0.2) is 0 Å². The lowest BCUT2D eigenvalue weighted by atomic mass is 9.81. The predicted molar refractivity (Wildman–Crippen MR) is 78.9 cm³/mol. The Hall–Kier alpha value is -1.50. The van der Waals surface area contributed by atoms with Crippen LogP contribution in [0.3, 0.4) is 0 Å². The number of rotatable bonds is 5. The minimum atomic E-state index is -0.793. The largest absolute Gasteiger partial charge is 0.481 e. The SMILES string of the molecule is CC(C)c1nnc(CNC(=O)C2CCCC(C(=O)O)C2)s1. The molecule has 0 bridgehead atoms. The molecule has 1 aliphatic carbocycles. The molecule has 116 valence electrons. The van der Waals surface area contributed by atoms with Crippen molar-refractivity contribution in [1.82, 2.24) is 15.5 Å². The number of nitrogens with zero attached hydrogens (tertiary/aromatic N) is 2. The highest BCUT2D eigenvalue weighted by Crippen LogP contribution is 2.29. The van der Waals surface area contributed by atoms with Gasteiger partial charge in [0.05, 0.1) is 12.5 Å². The normalized spacial score (nSPS) is 22.2. The minimum absolute atomic E-state index is 0.0674. The molecule has 1 saturated carbocycles. The summed E-state index contributed by atoms with van der Waals surface area (Å²) in [5.74, 6) is -1.11. The van der Waals surface area contributed by atoms with Crippen molar-refractivity contribution in [1.29, 1.82) is 0 Å². The zero-order chi connectivity index (χ0) is 15.4. The van der Waals surface area contributed by atoms with Crippen molar-refractivity contribution in [2.24, 2.45) is 11.8 Å². The summed E-state index contributed by atoms with van der Waals surface area (Å²) >= 11 is 1.50. The Balaban J connectivity index is 1.84. The van der Waals surface area contributed by atoms with Crippen LogP contribution in [0.1, 0.15) is 55.5 Å². The standard InChI is InChI=1S/C14H21N3O3S/c1-8(2)13-17-16-11(21-13)7-15-12(18)9-4-3-5-10(6-9)14(19)20/h8-10H,3-7H2,1-2H3,(H,15,18)(H,19,20). The average molecular weight is 311 g/mol. The van der Waals surface area contributed by atoms with Gasteiger partial charge in [0.1, 0.15) is 10.0 Å². The van der Waals surface area contributed by atoms with Gasteiger partial charge in [-0.15, -0.1) is 10.2 Å². The molecule has 0 saturated heterocycles. The zero-order valence-electron chi connectivity index (χ0n) is 12.3. The summed E-state index contributed by atoms with van der Waals surface area (Å²) < 4.78 is 0. The topological polar surface area (TPSA) is 92.2 Å². The molecule has 2 N–H and O–H groups in total. The van der Waals surface area contributed by atoms with Gasteiger partial charge < -0.3 is 10.4 Å². The molecule has 1 aliphatic rings. The summed E-state index contributed by atoms with van der Waals surface area (Å²) in [6.07, 6.45) is 2.68. The summed E-state index contributed by atoms with van der Waals surface area (Å²) in [4.78, 5) is 23.2. The van der Waals surface area contributed by atoms with E-state index in [1.807, 2.05) is 0 Å². The second kappa shape index (κ2) is 6.98. The highest BCUT2D eigenvalue weighted by molar-refractivity contribution is 7.11. The number of nitrogens with one attached hydrogen (secondary N) is 1. The first-order valence-electron chi connectivity index (χ1n) is 7.30. The maximum atomic E-state index is 12.1. The van der Waals surface area contributed by atoms with Crippen molar-refractivity contribution in [2.75, 3.05) is 0 Å². The van der Waals surface area contributed by atoms with Crippen molar-refractivity contribution < 1.29 is 14.7 Å². The van der Waals surface area contributed by atoms with E-state index in [0.717, 1.165) is 22.9 Å². The molecule has 7 heteroatoms. The first-order valence-corrected chi connectivity index (χ1v) is 8.11. The van der Waals surface area contributed by atoms with Gasteiger partial charge in [0.2, 0.25) is 5.91 Å². The van der Waals surface area contributed by atoms with Crippen LogP contribution in [0.2, 0.25) is 0 Å². The lowest BCUT2D eigenvalue weighted by Gasteiger charge is -2.25. The zero-order valence-corrected chi connectivity index (χ0v) is 13.2. The van der Waals surface area contributed by atoms with Gasteiger partial charge in [-0.1, -0.05) is 31.6 Å². The molecule has 1 heterocycles. The second-order valence-corrected chi connectivity index (χ2v) is 6.90. The van der Waals surface area contributed by atoms with Crippen molar-refractivity contribution >= 4 is 23.2 Å². The third kappa shape index (κ3) is 4.23. The van der Waals surface area contributed by atoms with E-state index < -0.39 is 5.97 Å². The highest BCUT2D eigenvalue weighted by Gasteiger charge is 2.30. The van der Waals surface area contributed by atoms with Crippen LogP contribution >= 0.6 is 11.3 Å². The number of carbonyl (C=O) groups is 2. The maximum Gasteiger partial charge on any atom is 0.306 e. The summed E-state index contributed by atoms with van der Waals surface area (Å²) in [5.41, 5.74) is 0. The van der Waals surface area contributed by atoms with E-state index in [-0.39, 0.29) is 17.7 Å². The third-order valence-corrected chi connectivity index (χ3v) is 5.01. The Kier molecular flexibility index (Phi) is 5.27. The van der Waals surface area contributed by atoms with Crippen molar-refractivity contribution in [3.63, 3.8) is 0 Å². The van der Waals surface area contributed by atoms with E-state index in [0.29, 0.717) is 25.3 Å². The van der Waals surface area contributed by atoms with Crippen LogP contribution in [0.25, 0.3) is 0 Å². The smallest absolute Gasteiger partial charge is 0.306 e. The second-order valence-electron chi connectivity index (χ2n) is 5.81. The van der Waals surface area contributed by atoms with Gasteiger partial charge in [0, 0.05) is 11.8 Å². The molecule has 2 atom stereocenters. The molecule has 0 spiro atoms. The van der Waals surface area contributed by atoms with Crippen LogP contribution in [-0.2, 0) is 16.1 Å². The van der Waals surface area contributed by atoms with Crippen LogP contribution in [0, 0.1) is 11.8 Å². The van der Waals surface area contributed by atoms with E-state index in [2.05, 4.69) is 29.4 Å². The van der Waals surface area contributed by atoms with Crippen LogP contribution in [0.15, 0.2) is 0 Å². The van der Waals surface area contributed by atoms with Gasteiger partial charge in [-0.05, 0) is 19.3 Å². The summed E-state index contributed by atoms with van der Waals surface area (Å²) in [6.45, 7) is 4.48. The Labute approximate surface area is 128 Å². The lowest BCUT2D eigenvalue weighted by molar-refractivity contribution is -0.144. The molecule has 6 nitrogen and oxygen atoms in total. The number of amides is 1. The molecule has 0 aliphatic heterocycles. The molecule has 2 rings (SSSR count). The fourth-order valence-corrected chi connectivity index (χ4v) is 3.32. The number of carbonyl (C=O) groups excluding carboxylic acids is 1. The summed E-state index contributed by atoms with van der Waals surface area (Å²) in [5, 5.41) is 21.8. The predicted octanol–water partition coefficient (Wildman–Crippen LogP) is 2.17. The van der Waals surface area contributed by atoms with Crippen molar-refractivity contribution in [3.05, 3.63) is 10.0 Å². The van der Waals surface area contributed by atoms with E-state index >= 15 is 0 Å². The Bertz CT molecular complexity index is 515. The van der Waals surface area contributed by atoms with Crippen molar-refractivity contribution in [2.45, 2.75) is 52.0 Å². The van der Waals surface area contributed by atoms with Crippen LogP contribution in [0.4, 0.5) is 0 Å². The maximum absolute atomic E-state index is 12.1.